The van der Waals surface area contributed by atoms with Crippen LogP contribution in [-0.2, 0) is 9.53 Å². The number of rotatable bonds is 2. The molecule has 1 N–H and O–H groups in total. The molecule has 0 saturated heterocycles. The number of cyclic esters (lactones) is 1. The third kappa shape index (κ3) is 2.90. The summed E-state index contributed by atoms with van der Waals surface area (Å²) >= 11 is 5.87. The molecule has 0 radical (unpaired) electrons. The van der Waals surface area contributed by atoms with Gasteiger partial charge < -0.3 is 9.84 Å². The lowest BCUT2D eigenvalue weighted by Gasteiger charge is -2.01. The first kappa shape index (κ1) is 15.5. The molecule has 4 rings (SSSR count). The largest absolute Gasteiger partial charge is 0.504 e. The Hall–Kier alpha value is -3.04. The molecule has 0 spiro atoms. The fourth-order valence-corrected chi connectivity index (χ4v) is 2.96. The second kappa shape index (κ2) is 6.11. The van der Waals surface area contributed by atoms with Crippen molar-refractivity contribution in [2.24, 2.45) is 0 Å². The first-order valence-corrected chi connectivity index (χ1v) is 8.12. The third-order valence-electron chi connectivity index (χ3n) is 4.08. The van der Waals surface area contributed by atoms with Crippen molar-refractivity contribution in [1.29, 1.82) is 0 Å². The van der Waals surface area contributed by atoms with E-state index in [0.29, 0.717) is 10.6 Å². The van der Waals surface area contributed by atoms with Gasteiger partial charge in [0.2, 0.25) is 0 Å². The fourth-order valence-electron chi connectivity index (χ4n) is 2.84. The van der Waals surface area contributed by atoms with Crippen molar-refractivity contribution in [1.82, 2.24) is 0 Å². The maximum atomic E-state index is 12.2. The van der Waals surface area contributed by atoms with E-state index in [-0.39, 0.29) is 17.1 Å². The number of fused-ring (bicyclic) bond motifs is 1. The van der Waals surface area contributed by atoms with Gasteiger partial charge in [-0.1, -0.05) is 60.1 Å². The molecule has 0 aliphatic carbocycles. The van der Waals surface area contributed by atoms with E-state index in [4.69, 9.17) is 16.3 Å². The molecule has 1 aliphatic rings. The summed E-state index contributed by atoms with van der Waals surface area (Å²) in [6, 6.07) is 20.5. The number of hydrogen-bond acceptors (Lipinski definition) is 3. The summed E-state index contributed by atoms with van der Waals surface area (Å²) in [6.07, 6.45) is 1.66. The van der Waals surface area contributed by atoms with Gasteiger partial charge in [-0.3, -0.25) is 0 Å². The van der Waals surface area contributed by atoms with Crippen LogP contribution in [0.4, 0.5) is 0 Å². The Morgan fingerprint density at radius 1 is 0.920 bits per heavy atom. The van der Waals surface area contributed by atoms with E-state index >= 15 is 0 Å². The highest BCUT2D eigenvalue weighted by Gasteiger charge is 2.31. The lowest BCUT2D eigenvalue weighted by atomic mass is 10.0. The number of benzene rings is 3. The van der Waals surface area contributed by atoms with Crippen LogP contribution >= 0.6 is 11.6 Å². The lowest BCUT2D eigenvalue weighted by molar-refractivity contribution is -0.131. The molecular weight excluding hydrogens is 336 g/mol. The van der Waals surface area contributed by atoms with Gasteiger partial charge in [-0.05, 0) is 46.2 Å². The molecule has 25 heavy (non-hydrogen) atoms. The highest BCUT2D eigenvalue weighted by molar-refractivity contribution is 6.30. The van der Waals surface area contributed by atoms with E-state index in [0.717, 1.165) is 16.3 Å². The minimum atomic E-state index is -0.577. The third-order valence-corrected chi connectivity index (χ3v) is 4.33. The van der Waals surface area contributed by atoms with E-state index in [1.807, 2.05) is 42.5 Å². The van der Waals surface area contributed by atoms with E-state index < -0.39 is 5.97 Å². The molecule has 0 bridgehead atoms. The summed E-state index contributed by atoms with van der Waals surface area (Å²) < 4.78 is 5.25. The second-order valence-corrected chi connectivity index (χ2v) is 6.17. The van der Waals surface area contributed by atoms with E-state index in [2.05, 4.69) is 0 Å². The van der Waals surface area contributed by atoms with Gasteiger partial charge in [0.25, 0.3) is 0 Å². The van der Waals surface area contributed by atoms with Gasteiger partial charge >= 0.3 is 5.97 Å². The smallest absolute Gasteiger partial charge is 0.348 e. The SMILES string of the molecule is O=C1O/C(=C\c2ccc3ccccc3c2)C(O)=C1c1ccc(Cl)cc1. The Balaban J connectivity index is 1.75. The zero-order valence-electron chi connectivity index (χ0n) is 13.1. The number of carbonyl (C=O) groups is 1. The predicted molar refractivity (Wildman–Crippen MR) is 99.0 cm³/mol. The zero-order chi connectivity index (χ0) is 17.4. The molecule has 1 heterocycles. The van der Waals surface area contributed by atoms with E-state index in [1.54, 1.807) is 30.3 Å². The van der Waals surface area contributed by atoms with Crippen molar-refractivity contribution in [3.8, 4) is 0 Å². The van der Waals surface area contributed by atoms with Gasteiger partial charge in [0, 0.05) is 5.02 Å². The quantitative estimate of drug-likeness (QED) is 0.634. The first-order valence-electron chi connectivity index (χ1n) is 7.74. The number of aliphatic hydroxyl groups is 1. The van der Waals surface area contributed by atoms with Crippen LogP contribution in [0.1, 0.15) is 11.1 Å². The van der Waals surface area contributed by atoms with Crippen LogP contribution in [-0.4, -0.2) is 11.1 Å². The standard InChI is InChI=1S/C21H13ClO3/c22-17-9-7-15(8-10-17)19-20(23)18(25-21(19)24)12-13-5-6-14-3-1-2-4-16(14)11-13/h1-12,23H/b18-12-. The minimum absolute atomic E-state index is 0.142. The molecule has 3 aromatic rings. The Bertz CT molecular complexity index is 1050. The topological polar surface area (TPSA) is 46.5 Å². The average Bonchev–Trinajstić information content (AvgIpc) is 2.89. The predicted octanol–water partition coefficient (Wildman–Crippen LogP) is 5.36. The number of ether oxygens (including phenoxy) is 1. The molecule has 0 saturated carbocycles. The normalized spacial score (nSPS) is 15.9. The molecule has 1 aliphatic heterocycles. The van der Waals surface area contributed by atoms with Crippen LogP contribution in [0.5, 0.6) is 0 Å². The highest BCUT2D eigenvalue weighted by Crippen LogP contribution is 2.33. The highest BCUT2D eigenvalue weighted by atomic mass is 35.5. The molecule has 4 heteroatoms. The van der Waals surface area contributed by atoms with Gasteiger partial charge in [0.15, 0.2) is 11.5 Å². The van der Waals surface area contributed by atoms with Gasteiger partial charge in [-0.25, -0.2) is 4.79 Å². The molecule has 3 aromatic carbocycles. The van der Waals surface area contributed by atoms with Crippen molar-refractivity contribution < 1.29 is 14.6 Å². The van der Waals surface area contributed by atoms with Crippen LogP contribution in [0.15, 0.2) is 78.2 Å². The van der Waals surface area contributed by atoms with Crippen molar-refractivity contribution >= 4 is 40.0 Å². The maximum Gasteiger partial charge on any atom is 0.348 e. The summed E-state index contributed by atoms with van der Waals surface area (Å²) in [6.45, 7) is 0. The number of carbonyl (C=O) groups excluding carboxylic acids is 1. The maximum absolute atomic E-state index is 12.2. The van der Waals surface area contributed by atoms with Crippen LogP contribution in [0, 0.1) is 0 Å². The number of halogens is 1. The summed E-state index contributed by atoms with van der Waals surface area (Å²) in [5.74, 6) is -0.599. The van der Waals surface area contributed by atoms with Crippen LogP contribution < -0.4 is 0 Å². The summed E-state index contributed by atoms with van der Waals surface area (Å²) in [4.78, 5) is 12.2. The van der Waals surface area contributed by atoms with Crippen LogP contribution in [0.2, 0.25) is 5.02 Å². The van der Waals surface area contributed by atoms with Crippen molar-refractivity contribution in [3.05, 3.63) is 94.4 Å². The molecule has 122 valence electrons. The Morgan fingerprint density at radius 2 is 1.64 bits per heavy atom. The van der Waals surface area contributed by atoms with Crippen molar-refractivity contribution in [2.45, 2.75) is 0 Å². The van der Waals surface area contributed by atoms with Crippen molar-refractivity contribution in [3.63, 3.8) is 0 Å². The zero-order valence-corrected chi connectivity index (χ0v) is 13.8. The molecule has 3 nitrogen and oxygen atoms in total. The lowest BCUT2D eigenvalue weighted by Crippen LogP contribution is -1.98. The van der Waals surface area contributed by atoms with Gasteiger partial charge in [0.1, 0.15) is 5.57 Å². The minimum Gasteiger partial charge on any atom is -0.504 e. The molecule has 0 aromatic heterocycles. The van der Waals surface area contributed by atoms with Crippen molar-refractivity contribution in [2.75, 3.05) is 0 Å². The van der Waals surface area contributed by atoms with Gasteiger partial charge in [-0.15, -0.1) is 0 Å². The summed E-state index contributed by atoms with van der Waals surface area (Å²) in [5, 5.41) is 13.2. The first-order chi connectivity index (χ1) is 12.1. The number of esters is 1. The fraction of sp³-hybridized carbons (Fsp3) is 0. The summed E-state index contributed by atoms with van der Waals surface area (Å²) in [5.41, 5.74) is 1.54. The Morgan fingerprint density at radius 3 is 2.40 bits per heavy atom. The van der Waals surface area contributed by atoms with Gasteiger partial charge in [-0.2, -0.15) is 0 Å². The van der Waals surface area contributed by atoms with E-state index in [1.165, 1.54) is 0 Å². The molecular formula is C21H13ClO3. The Labute approximate surface area is 149 Å². The van der Waals surface area contributed by atoms with E-state index in [9.17, 15) is 9.90 Å². The van der Waals surface area contributed by atoms with Crippen LogP contribution in [0.3, 0.4) is 0 Å². The molecule has 0 fully saturated rings. The van der Waals surface area contributed by atoms with Crippen LogP contribution in [0.25, 0.3) is 22.4 Å². The monoisotopic (exact) mass is 348 g/mol. The summed E-state index contributed by atoms with van der Waals surface area (Å²) in [7, 11) is 0. The molecule has 0 unspecified atom stereocenters. The Kier molecular flexibility index (Phi) is 3.79. The number of hydrogen-bond donors (Lipinski definition) is 1. The molecule has 0 amide bonds. The van der Waals surface area contributed by atoms with Gasteiger partial charge in [0.05, 0.1) is 0 Å². The second-order valence-electron chi connectivity index (χ2n) is 5.74. The molecule has 0 atom stereocenters. The average molecular weight is 349 g/mol. The number of aliphatic hydroxyl groups excluding tert-OH is 1.